The number of carbonyl (C=O) groups excluding carboxylic acids is 3. The van der Waals surface area contributed by atoms with Crippen LogP contribution in [0, 0.1) is 23.6 Å². The van der Waals surface area contributed by atoms with Gasteiger partial charge in [-0.3, -0.25) is 24.2 Å². The van der Waals surface area contributed by atoms with Gasteiger partial charge in [-0.15, -0.1) is 0 Å². The lowest BCUT2D eigenvalue weighted by molar-refractivity contribution is -0.154. The van der Waals surface area contributed by atoms with E-state index in [0.717, 1.165) is 13.0 Å². The molecule has 3 unspecified atom stereocenters. The predicted molar refractivity (Wildman–Crippen MR) is 141 cm³/mol. The zero-order valence-electron chi connectivity index (χ0n) is 22.5. The van der Waals surface area contributed by atoms with Crippen molar-refractivity contribution in [3.05, 3.63) is 39.4 Å². The van der Waals surface area contributed by atoms with E-state index in [4.69, 9.17) is 5.73 Å². The minimum absolute atomic E-state index is 0.0589. The second kappa shape index (κ2) is 8.76. The number of nitrogens with one attached hydrogen (secondary N) is 1. The van der Waals surface area contributed by atoms with Gasteiger partial charge in [0.1, 0.15) is 28.7 Å². The standard InChI is InChI=1S/C28H33FN4O7/c1-4-32(2)21-13-8-11-7-12-15(23(35)19-16(18(12)29)20-10(9-31-19)5-6-33(20)3)22(34)14(11)25(37)28(13,40)26(38)17(24(21)36)27(30)39/h10-11,13,20-21,31,34-35,38,40H,4-9H2,1-3H3,(H2,30,39)/t10?,11-,13-,20?,21?,28-/m0/s1. The number of nitrogens with zero attached hydrogens (tertiary/aromatic N) is 2. The molecule has 6 atom stereocenters. The molecule has 3 aliphatic carbocycles. The van der Waals surface area contributed by atoms with Gasteiger partial charge < -0.3 is 31.5 Å². The summed E-state index contributed by atoms with van der Waals surface area (Å²) in [7, 11) is 3.48. The largest absolute Gasteiger partial charge is 0.508 e. The van der Waals surface area contributed by atoms with E-state index in [1.54, 1.807) is 18.9 Å². The number of aromatic hydroxyl groups is 1. The van der Waals surface area contributed by atoms with E-state index >= 15 is 4.39 Å². The fourth-order valence-corrected chi connectivity index (χ4v) is 7.85. The topological polar surface area (TPSA) is 177 Å². The van der Waals surface area contributed by atoms with Crippen LogP contribution in [0.25, 0.3) is 5.76 Å². The van der Waals surface area contributed by atoms with Gasteiger partial charge in [0.15, 0.2) is 11.4 Å². The monoisotopic (exact) mass is 556 g/mol. The zero-order valence-corrected chi connectivity index (χ0v) is 22.5. The number of aliphatic hydroxyl groups is 3. The molecule has 1 saturated heterocycles. The van der Waals surface area contributed by atoms with Crippen LogP contribution in [0.15, 0.2) is 16.9 Å². The van der Waals surface area contributed by atoms with Crippen LogP contribution >= 0.6 is 0 Å². The van der Waals surface area contributed by atoms with E-state index in [-0.39, 0.29) is 47.2 Å². The van der Waals surface area contributed by atoms with Crippen molar-refractivity contribution >= 4 is 28.9 Å². The minimum Gasteiger partial charge on any atom is -0.508 e. The van der Waals surface area contributed by atoms with Crippen LogP contribution in [-0.4, -0.2) is 93.1 Å². The van der Waals surface area contributed by atoms with Crippen LogP contribution in [-0.2, 0) is 20.8 Å². The molecule has 0 bridgehead atoms. The van der Waals surface area contributed by atoms with Crippen LogP contribution in [0.3, 0.4) is 0 Å². The fraction of sp³-hybridized carbons (Fsp3) is 0.536. The Labute approximate surface area is 229 Å². The Balaban J connectivity index is 1.56. The van der Waals surface area contributed by atoms with Crippen molar-refractivity contribution in [2.45, 2.75) is 43.9 Å². The molecule has 0 spiro atoms. The molecule has 2 fully saturated rings. The molecular formula is C28H33FN4O7. The molecule has 40 heavy (non-hydrogen) atoms. The molecule has 1 aromatic carbocycles. The second-order valence-electron chi connectivity index (χ2n) is 11.7. The average molecular weight is 557 g/mol. The smallest absolute Gasteiger partial charge is 0.255 e. The highest BCUT2D eigenvalue weighted by atomic mass is 19.1. The fourth-order valence-electron chi connectivity index (χ4n) is 7.85. The zero-order chi connectivity index (χ0) is 29.0. The summed E-state index contributed by atoms with van der Waals surface area (Å²) in [4.78, 5) is 43.1. The van der Waals surface area contributed by atoms with E-state index in [1.165, 1.54) is 0 Å². The van der Waals surface area contributed by atoms with Gasteiger partial charge in [-0.2, -0.15) is 0 Å². The van der Waals surface area contributed by atoms with E-state index in [9.17, 15) is 34.8 Å². The lowest BCUT2D eigenvalue weighted by atomic mass is 9.57. The Hall–Kier alpha value is -3.48. The molecule has 1 amide bonds. The third kappa shape index (κ3) is 3.18. The Kier molecular flexibility index (Phi) is 5.85. The first-order valence-electron chi connectivity index (χ1n) is 13.6. The van der Waals surface area contributed by atoms with Crippen LogP contribution in [0.4, 0.5) is 10.1 Å². The van der Waals surface area contributed by atoms with Crippen molar-refractivity contribution in [3.63, 3.8) is 0 Å². The number of nitrogens with two attached hydrogens (primary N) is 1. The molecule has 1 saturated carbocycles. The molecule has 12 heteroatoms. The molecule has 7 N–H and O–H groups in total. The maximum Gasteiger partial charge on any atom is 0.255 e. The van der Waals surface area contributed by atoms with Gasteiger partial charge in [0.25, 0.3) is 5.91 Å². The number of hydrogen-bond donors (Lipinski definition) is 6. The summed E-state index contributed by atoms with van der Waals surface area (Å²) >= 11 is 0. The third-order valence-corrected chi connectivity index (χ3v) is 9.89. The molecule has 0 aromatic heterocycles. The summed E-state index contributed by atoms with van der Waals surface area (Å²) in [6.07, 6.45) is 0.701. The van der Waals surface area contributed by atoms with Gasteiger partial charge in [0, 0.05) is 35.2 Å². The quantitative estimate of drug-likeness (QED) is 0.232. The highest BCUT2D eigenvalue weighted by Gasteiger charge is 2.64. The number of likely N-dealkylation sites (tertiary alicyclic amines) is 1. The van der Waals surface area contributed by atoms with Crippen LogP contribution in [0.2, 0.25) is 0 Å². The van der Waals surface area contributed by atoms with Gasteiger partial charge in [-0.25, -0.2) is 4.39 Å². The molecule has 214 valence electrons. The summed E-state index contributed by atoms with van der Waals surface area (Å²) < 4.78 is 16.4. The number of halogens is 1. The average Bonchev–Trinajstić information content (AvgIpc) is 3.29. The molecule has 1 aromatic rings. The number of aliphatic hydroxyl groups excluding tert-OH is 2. The first-order chi connectivity index (χ1) is 18.9. The maximum atomic E-state index is 16.4. The number of likely N-dealkylation sites (N-methyl/N-ethyl adjacent to an activating group) is 1. The summed E-state index contributed by atoms with van der Waals surface area (Å²) in [5.41, 5.74) is 1.79. The van der Waals surface area contributed by atoms with Crippen molar-refractivity contribution in [2.75, 3.05) is 39.0 Å². The van der Waals surface area contributed by atoms with E-state index in [1.807, 2.05) is 11.9 Å². The molecule has 2 aliphatic heterocycles. The molecule has 5 aliphatic rings. The van der Waals surface area contributed by atoms with Crippen molar-refractivity contribution in [1.82, 2.24) is 9.80 Å². The van der Waals surface area contributed by atoms with Gasteiger partial charge in [0.05, 0.1) is 17.3 Å². The van der Waals surface area contributed by atoms with Crippen LogP contribution in [0.1, 0.15) is 42.5 Å². The van der Waals surface area contributed by atoms with Crippen LogP contribution in [0.5, 0.6) is 5.75 Å². The van der Waals surface area contributed by atoms with Crippen molar-refractivity contribution in [2.24, 2.45) is 23.5 Å². The number of Topliss-reactive ketones (excluding diaryl/α,β-unsaturated/α-hetero) is 2. The molecular weight excluding hydrogens is 523 g/mol. The first-order valence-corrected chi connectivity index (χ1v) is 13.6. The lowest BCUT2D eigenvalue weighted by Gasteiger charge is -2.50. The predicted octanol–water partition coefficient (Wildman–Crippen LogP) is 0.912. The van der Waals surface area contributed by atoms with E-state index in [0.29, 0.717) is 18.7 Å². The highest BCUT2D eigenvalue weighted by molar-refractivity contribution is 6.24. The number of benzene rings is 1. The van der Waals surface area contributed by atoms with Gasteiger partial charge in [-0.05, 0) is 58.3 Å². The van der Waals surface area contributed by atoms with Gasteiger partial charge in [0.2, 0.25) is 5.78 Å². The Morgan fingerprint density at radius 2 is 1.98 bits per heavy atom. The SMILES string of the molecule is CCN(C)C1C(=O)C(C(N)=O)=C(O)[C@@]2(O)C(=O)C3=C(O)c4c(O)c5c(c(F)c4C[C@H]3C[C@@H]12)C1C(CCN1C)CN5. The number of amides is 1. The number of fused-ring (bicyclic) bond motifs is 6. The number of phenolic OH excluding ortho intramolecular Hbond substituents is 1. The number of rotatable bonds is 3. The molecule has 11 nitrogen and oxygen atoms in total. The lowest BCUT2D eigenvalue weighted by Crippen LogP contribution is -2.66. The van der Waals surface area contributed by atoms with Gasteiger partial charge >= 0.3 is 0 Å². The number of ketones is 2. The molecule has 6 rings (SSSR count). The highest BCUT2D eigenvalue weighted by Crippen LogP contribution is 2.56. The maximum absolute atomic E-state index is 16.4. The number of anilines is 1. The summed E-state index contributed by atoms with van der Waals surface area (Å²) in [6, 6.07) is -1.44. The minimum atomic E-state index is -2.73. The summed E-state index contributed by atoms with van der Waals surface area (Å²) in [6.45, 7) is 3.33. The first kappa shape index (κ1) is 26.7. The van der Waals surface area contributed by atoms with E-state index < -0.39 is 69.6 Å². The summed E-state index contributed by atoms with van der Waals surface area (Å²) in [5.74, 6) is -7.92. The second-order valence-corrected chi connectivity index (χ2v) is 11.7. The van der Waals surface area contributed by atoms with Crippen LogP contribution < -0.4 is 11.1 Å². The third-order valence-electron chi connectivity index (χ3n) is 9.89. The number of phenols is 1. The molecule has 2 heterocycles. The Morgan fingerprint density at radius 1 is 1.27 bits per heavy atom. The van der Waals surface area contributed by atoms with Crippen molar-refractivity contribution in [3.8, 4) is 5.75 Å². The Morgan fingerprint density at radius 3 is 2.62 bits per heavy atom. The van der Waals surface area contributed by atoms with Gasteiger partial charge in [-0.1, -0.05) is 6.92 Å². The van der Waals surface area contributed by atoms with Crippen molar-refractivity contribution in [1.29, 1.82) is 0 Å². The molecule has 0 radical (unpaired) electrons. The normalized spacial score (nSPS) is 33.3. The van der Waals surface area contributed by atoms with Crippen molar-refractivity contribution < 1.29 is 39.2 Å². The number of hydrogen-bond acceptors (Lipinski definition) is 10. The Bertz CT molecular complexity index is 1450. The number of carbonyl (C=O) groups is 3. The number of primary amides is 1. The van der Waals surface area contributed by atoms with E-state index in [2.05, 4.69) is 5.32 Å². The summed E-state index contributed by atoms with van der Waals surface area (Å²) in [5, 5.41) is 48.6.